The van der Waals surface area contributed by atoms with Crippen LogP contribution < -0.4 is 9.47 Å². The highest BCUT2D eigenvalue weighted by molar-refractivity contribution is 5.95. The maximum atomic E-state index is 13.9. The maximum absolute atomic E-state index is 13.9. The molecule has 0 aliphatic carbocycles. The summed E-state index contributed by atoms with van der Waals surface area (Å²) in [5.74, 6) is 0.494. The van der Waals surface area contributed by atoms with E-state index in [2.05, 4.69) is 11.1 Å². The Balaban J connectivity index is 1.72. The number of para-hydroxylation sites is 2. The van der Waals surface area contributed by atoms with Gasteiger partial charge in [0.1, 0.15) is 11.9 Å². The van der Waals surface area contributed by atoms with Crippen molar-refractivity contribution in [1.82, 2.24) is 9.88 Å². The van der Waals surface area contributed by atoms with Gasteiger partial charge in [0.2, 0.25) is 0 Å². The van der Waals surface area contributed by atoms with Gasteiger partial charge in [-0.15, -0.1) is 0 Å². The van der Waals surface area contributed by atoms with E-state index < -0.39 is 11.9 Å². The van der Waals surface area contributed by atoms with Gasteiger partial charge in [-0.1, -0.05) is 36.4 Å². The molecule has 162 valence electrons. The Morgan fingerprint density at radius 2 is 1.84 bits per heavy atom. The Bertz CT molecular complexity index is 1310. The van der Waals surface area contributed by atoms with Crippen LogP contribution in [0.25, 0.3) is 10.9 Å². The highest BCUT2D eigenvalue weighted by Gasteiger charge is 2.37. The van der Waals surface area contributed by atoms with Crippen molar-refractivity contribution in [2.45, 2.75) is 12.5 Å². The summed E-state index contributed by atoms with van der Waals surface area (Å²) >= 11 is 0. The van der Waals surface area contributed by atoms with Crippen molar-refractivity contribution in [3.8, 4) is 11.5 Å². The lowest BCUT2D eigenvalue weighted by Crippen LogP contribution is -2.40. The predicted octanol–water partition coefficient (Wildman–Crippen LogP) is 5.11. The standard InChI is InChI=1S/C26H23FN2O3/c1-31-22-12-6-10-20(25(22)32-2)24-23-19(18-9-3-4-11-21(18)28-23)13-14-29(24)26(30)16-7-5-8-17(27)15-16/h3-12,15,24,28H,13-14H2,1-2H3/t24-/m0/s1. The number of carbonyl (C=O) groups is 1. The van der Waals surface area contributed by atoms with Gasteiger partial charge < -0.3 is 19.4 Å². The van der Waals surface area contributed by atoms with Crippen LogP contribution in [0.1, 0.15) is 33.2 Å². The molecule has 2 heterocycles. The second-order valence-corrected chi connectivity index (χ2v) is 7.81. The van der Waals surface area contributed by atoms with Crippen molar-refractivity contribution in [3.05, 3.63) is 94.9 Å². The molecular formula is C26H23FN2O3. The number of methoxy groups -OCH3 is 2. The first kappa shape index (κ1) is 20.1. The summed E-state index contributed by atoms with van der Waals surface area (Å²) in [6, 6.07) is 19.2. The summed E-state index contributed by atoms with van der Waals surface area (Å²) in [6.45, 7) is 0.495. The molecule has 6 heteroatoms. The quantitative estimate of drug-likeness (QED) is 0.489. The summed E-state index contributed by atoms with van der Waals surface area (Å²) in [6.07, 6.45) is 0.698. The lowest BCUT2D eigenvalue weighted by atomic mass is 9.91. The number of H-pyrrole nitrogens is 1. The molecule has 1 N–H and O–H groups in total. The number of nitrogens with zero attached hydrogens (tertiary/aromatic N) is 1. The van der Waals surface area contributed by atoms with Gasteiger partial charge in [-0.25, -0.2) is 4.39 Å². The van der Waals surface area contributed by atoms with Crippen molar-refractivity contribution < 1.29 is 18.7 Å². The number of hydrogen-bond donors (Lipinski definition) is 1. The fraction of sp³-hybridized carbons (Fsp3) is 0.192. The molecule has 1 aliphatic heterocycles. The lowest BCUT2D eigenvalue weighted by Gasteiger charge is -2.37. The molecule has 0 saturated heterocycles. The molecule has 3 aromatic carbocycles. The number of rotatable bonds is 4. The number of ether oxygens (including phenoxy) is 2. The van der Waals surface area contributed by atoms with E-state index in [-0.39, 0.29) is 5.91 Å². The summed E-state index contributed by atoms with van der Waals surface area (Å²) in [7, 11) is 3.18. The molecule has 0 unspecified atom stereocenters. The Kier molecular flexibility index (Phi) is 5.05. The number of amides is 1. The zero-order valence-corrected chi connectivity index (χ0v) is 17.9. The van der Waals surface area contributed by atoms with Gasteiger partial charge in [-0.2, -0.15) is 0 Å². The van der Waals surface area contributed by atoms with Crippen molar-refractivity contribution >= 4 is 16.8 Å². The zero-order valence-electron chi connectivity index (χ0n) is 17.9. The molecule has 4 aromatic rings. The van der Waals surface area contributed by atoms with Crippen LogP contribution in [0.3, 0.4) is 0 Å². The van der Waals surface area contributed by atoms with Crippen LogP contribution in [0, 0.1) is 5.82 Å². The van der Waals surface area contributed by atoms with E-state index in [9.17, 15) is 9.18 Å². The minimum absolute atomic E-state index is 0.233. The molecule has 0 radical (unpaired) electrons. The molecular weight excluding hydrogens is 407 g/mol. The van der Waals surface area contributed by atoms with Crippen LogP contribution in [0.2, 0.25) is 0 Å². The molecule has 0 fully saturated rings. The first-order chi connectivity index (χ1) is 15.6. The number of aromatic amines is 1. The van der Waals surface area contributed by atoms with Crippen LogP contribution in [-0.4, -0.2) is 36.6 Å². The monoisotopic (exact) mass is 430 g/mol. The van der Waals surface area contributed by atoms with E-state index in [0.717, 1.165) is 22.2 Å². The second-order valence-electron chi connectivity index (χ2n) is 7.81. The maximum Gasteiger partial charge on any atom is 0.254 e. The Hall–Kier alpha value is -3.80. The number of aromatic nitrogens is 1. The van der Waals surface area contributed by atoms with Gasteiger partial charge >= 0.3 is 0 Å². The molecule has 1 aliphatic rings. The smallest absolute Gasteiger partial charge is 0.254 e. The second kappa shape index (κ2) is 8.04. The van der Waals surface area contributed by atoms with E-state index in [4.69, 9.17) is 9.47 Å². The molecule has 0 bridgehead atoms. The number of benzene rings is 3. The summed E-state index contributed by atoms with van der Waals surface area (Å²) in [5, 5.41) is 1.15. The fourth-order valence-electron chi connectivity index (χ4n) is 4.70. The zero-order chi connectivity index (χ0) is 22.2. The van der Waals surface area contributed by atoms with Gasteiger partial charge in [0.25, 0.3) is 5.91 Å². The van der Waals surface area contributed by atoms with E-state index in [0.29, 0.717) is 30.0 Å². The van der Waals surface area contributed by atoms with Gasteiger partial charge in [0, 0.05) is 34.3 Å². The predicted molar refractivity (Wildman–Crippen MR) is 121 cm³/mol. The average molecular weight is 430 g/mol. The first-order valence-corrected chi connectivity index (χ1v) is 10.5. The largest absolute Gasteiger partial charge is 0.493 e. The van der Waals surface area contributed by atoms with Crippen molar-refractivity contribution in [2.75, 3.05) is 20.8 Å². The van der Waals surface area contributed by atoms with E-state index in [1.165, 1.54) is 17.7 Å². The molecule has 32 heavy (non-hydrogen) atoms. The SMILES string of the molecule is COc1cccc([C@H]2c3[nH]c4ccccc4c3CCN2C(=O)c2cccc(F)c2)c1OC. The lowest BCUT2D eigenvalue weighted by molar-refractivity contribution is 0.0689. The van der Waals surface area contributed by atoms with Crippen LogP contribution in [0.15, 0.2) is 66.7 Å². The number of halogens is 1. The van der Waals surface area contributed by atoms with Crippen molar-refractivity contribution in [2.24, 2.45) is 0 Å². The van der Waals surface area contributed by atoms with Crippen LogP contribution in [0.5, 0.6) is 11.5 Å². The van der Waals surface area contributed by atoms with Gasteiger partial charge in [0.05, 0.1) is 14.2 Å². The average Bonchev–Trinajstić information content (AvgIpc) is 3.21. The minimum Gasteiger partial charge on any atom is -0.493 e. The number of nitrogens with one attached hydrogen (secondary N) is 1. The highest BCUT2D eigenvalue weighted by atomic mass is 19.1. The third-order valence-electron chi connectivity index (χ3n) is 6.09. The van der Waals surface area contributed by atoms with E-state index in [1.54, 1.807) is 31.3 Å². The first-order valence-electron chi connectivity index (χ1n) is 10.5. The molecule has 1 amide bonds. The molecule has 1 atom stereocenters. The van der Waals surface area contributed by atoms with Crippen molar-refractivity contribution in [1.29, 1.82) is 0 Å². The van der Waals surface area contributed by atoms with Crippen LogP contribution in [0.4, 0.5) is 4.39 Å². The minimum atomic E-state index is -0.438. The number of fused-ring (bicyclic) bond motifs is 3. The van der Waals surface area contributed by atoms with Gasteiger partial charge in [-0.3, -0.25) is 4.79 Å². The third kappa shape index (κ3) is 3.19. The van der Waals surface area contributed by atoms with Crippen LogP contribution >= 0.6 is 0 Å². The van der Waals surface area contributed by atoms with Gasteiger partial charge in [0.15, 0.2) is 11.5 Å². The highest BCUT2D eigenvalue weighted by Crippen LogP contribution is 2.44. The topological polar surface area (TPSA) is 54.6 Å². The summed E-state index contributed by atoms with van der Waals surface area (Å²) in [4.78, 5) is 18.9. The molecule has 0 spiro atoms. The Labute approximate surface area is 185 Å². The Morgan fingerprint density at radius 1 is 1.03 bits per heavy atom. The summed E-state index contributed by atoms with van der Waals surface area (Å²) < 4.78 is 25.1. The molecule has 5 nitrogen and oxygen atoms in total. The molecule has 0 saturated carbocycles. The van der Waals surface area contributed by atoms with Crippen molar-refractivity contribution in [3.63, 3.8) is 0 Å². The molecule has 5 rings (SSSR count). The molecule has 1 aromatic heterocycles. The van der Waals surface area contributed by atoms with Gasteiger partial charge in [-0.05, 0) is 42.3 Å². The summed E-state index contributed by atoms with van der Waals surface area (Å²) in [5.41, 5.74) is 4.26. The number of carbonyl (C=O) groups excluding carboxylic acids is 1. The third-order valence-corrected chi connectivity index (χ3v) is 6.09. The van der Waals surface area contributed by atoms with E-state index >= 15 is 0 Å². The fourth-order valence-corrected chi connectivity index (χ4v) is 4.70. The normalized spacial score (nSPS) is 15.5. The Morgan fingerprint density at radius 3 is 2.62 bits per heavy atom. The number of hydrogen-bond acceptors (Lipinski definition) is 3. The van der Waals surface area contributed by atoms with Crippen LogP contribution in [-0.2, 0) is 6.42 Å². The van der Waals surface area contributed by atoms with E-state index in [1.807, 2.05) is 36.4 Å².